The average molecular weight is 488 g/mol. The normalized spacial score (nSPS) is 14.3. The van der Waals surface area contributed by atoms with Crippen LogP contribution >= 0.6 is 15.9 Å². The largest absolute Gasteiger partial charge is 0.379 e. The van der Waals surface area contributed by atoms with Crippen molar-refractivity contribution in [2.24, 2.45) is 5.92 Å². The topological polar surface area (TPSA) is 66.4 Å². The van der Waals surface area contributed by atoms with Gasteiger partial charge in [-0.2, -0.15) is 0 Å². The van der Waals surface area contributed by atoms with Crippen LogP contribution in [0, 0.1) is 5.92 Å². The fourth-order valence-corrected chi connectivity index (χ4v) is 5.24. The van der Waals surface area contributed by atoms with Crippen LogP contribution in [0.1, 0.15) is 31.4 Å². The molecule has 0 saturated carbocycles. The second-order valence-corrected chi connectivity index (χ2v) is 10.1. The van der Waals surface area contributed by atoms with Gasteiger partial charge in [-0.1, -0.05) is 96.9 Å². The molecular formula is C24H26BrNO3S. The quantitative estimate of drug-likeness (QED) is 0.465. The van der Waals surface area contributed by atoms with Gasteiger partial charge in [0.1, 0.15) is 5.60 Å². The van der Waals surface area contributed by atoms with E-state index >= 15 is 0 Å². The summed E-state index contributed by atoms with van der Waals surface area (Å²) in [6, 6.07) is 24.1. The molecule has 3 aromatic rings. The Balaban J connectivity index is 2.14. The van der Waals surface area contributed by atoms with Gasteiger partial charge in [-0.15, -0.1) is 0 Å². The van der Waals surface area contributed by atoms with E-state index in [0.29, 0.717) is 17.5 Å². The van der Waals surface area contributed by atoms with Gasteiger partial charge >= 0.3 is 0 Å². The number of nitrogens with one attached hydrogen (secondary N) is 1. The molecule has 158 valence electrons. The summed E-state index contributed by atoms with van der Waals surface area (Å²) >= 11 is 3.34. The first kappa shape index (κ1) is 22.7. The lowest BCUT2D eigenvalue weighted by atomic mass is 9.75. The second-order valence-electron chi connectivity index (χ2n) is 7.44. The summed E-state index contributed by atoms with van der Waals surface area (Å²) in [6.45, 7) is 3.94. The number of hydrogen-bond donors (Lipinski definition) is 2. The summed E-state index contributed by atoms with van der Waals surface area (Å²) in [4.78, 5) is 0.155. The van der Waals surface area contributed by atoms with E-state index in [1.807, 2.05) is 74.5 Å². The molecule has 0 spiro atoms. The third-order valence-corrected chi connectivity index (χ3v) is 7.48. The van der Waals surface area contributed by atoms with Gasteiger partial charge in [-0.05, 0) is 41.3 Å². The molecule has 3 aromatic carbocycles. The van der Waals surface area contributed by atoms with E-state index in [2.05, 4.69) is 20.7 Å². The van der Waals surface area contributed by atoms with Gasteiger partial charge in [0.25, 0.3) is 0 Å². The molecule has 0 aromatic heterocycles. The Bertz CT molecular complexity index is 1020. The number of sulfonamides is 1. The highest BCUT2D eigenvalue weighted by Gasteiger charge is 2.44. The Morgan fingerprint density at radius 1 is 0.900 bits per heavy atom. The molecule has 3 rings (SSSR count). The van der Waals surface area contributed by atoms with E-state index in [-0.39, 0.29) is 10.8 Å². The summed E-state index contributed by atoms with van der Waals surface area (Å²) < 4.78 is 30.1. The standard InChI is InChI=1S/C24H26BrNO3S/c1-3-18(2)23(26-30(28,29)22-16-14-21(25)15-17-22)24(27,19-10-6-4-7-11-19)20-12-8-5-9-13-20/h4-18,23,26-27H,3H2,1-2H3. The molecule has 0 aliphatic heterocycles. The van der Waals surface area contributed by atoms with Crippen molar-refractivity contribution < 1.29 is 13.5 Å². The van der Waals surface area contributed by atoms with Crippen LogP contribution in [0.4, 0.5) is 0 Å². The minimum Gasteiger partial charge on any atom is -0.379 e. The summed E-state index contributed by atoms with van der Waals surface area (Å²) in [6.07, 6.45) is 0.690. The van der Waals surface area contributed by atoms with Gasteiger partial charge in [-0.25, -0.2) is 13.1 Å². The van der Waals surface area contributed by atoms with E-state index in [4.69, 9.17) is 0 Å². The van der Waals surface area contributed by atoms with E-state index in [0.717, 1.165) is 4.47 Å². The maximum Gasteiger partial charge on any atom is 0.240 e. The average Bonchev–Trinajstić information content (AvgIpc) is 2.78. The Kier molecular flexibility index (Phi) is 7.14. The van der Waals surface area contributed by atoms with Crippen molar-refractivity contribution >= 4 is 26.0 Å². The molecule has 0 aliphatic rings. The second kappa shape index (κ2) is 9.43. The van der Waals surface area contributed by atoms with Gasteiger partial charge in [0.2, 0.25) is 10.0 Å². The van der Waals surface area contributed by atoms with Crippen LogP contribution in [0.3, 0.4) is 0 Å². The Morgan fingerprint density at radius 2 is 1.37 bits per heavy atom. The van der Waals surface area contributed by atoms with Crippen LogP contribution in [0.15, 0.2) is 94.3 Å². The van der Waals surface area contributed by atoms with Crippen molar-refractivity contribution in [1.29, 1.82) is 0 Å². The van der Waals surface area contributed by atoms with Crippen molar-refractivity contribution in [3.8, 4) is 0 Å². The Hall–Kier alpha value is -1.99. The fourth-order valence-electron chi connectivity index (χ4n) is 3.61. The van der Waals surface area contributed by atoms with Crippen LogP contribution in [-0.4, -0.2) is 19.6 Å². The van der Waals surface area contributed by atoms with E-state index in [1.165, 1.54) is 0 Å². The summed E-state index contributed by atoms with van der Waals surface area (Å²) in [5, 5.41) is 12.1. The molecule has 6 heteroatoms. The van der Waals surface area contributed by atoms with E-state index in [1.54, 1.807) is 24.3 Å². The van der Waals surface area contributed by atoms with Gasteiger partial charge < -0.3 is 5.11 Å². The number of aliphatic hydroxyl groups is 1. The summed E-state index contributed by atoms with van der Waals surface area (Å²) in [5.74, 6) is -0.138. The molecule has 0 fully saturated rings. The first-order chi connectivity index (χ1) is 14.3. The maximum atomic E-state index is 13.2. The molecule has 0 amide bonds. The predicted octanol–water partition coefficient (Wildman–Crippen LogP) is 5.08. The number of hydrogen-bond acceptors (Lipinski definition) is 3. The molecule has 0 radical (unpaired) electrons. The van der Waals surface area contributed by atoms with E-state index in [9.17, 15) is 13.5 Å². The zero-order valence-corrected chi connectivity index (χ0v) is 19.4. The van der Waals surface area contributed by atoms with Crippen LogP contribution in [0.5, 0.6) is 0 Å². The molecule has 0 bridgehead atoms. The summed E-state index contributed by atoms with van der Waals surface area (Å²) in [7, 11) is -3.86. The van der Waals surface area contributed by atoms with Crippen molar-refractivity contribution in [3.63, 3.8) is 0 Å². The van der Waals surface area contributed by atoms with Gasteiger partial charge in [0.15, 0.2) is 0 Å². The molecular weight excluding hydrogens is 462 g/mol. The minimum atomic E-state index is -3.86. The lowest BCUT2D eigenvalue weighted by Crippen LogP contribution is -2.54. The number of halogens is 1. The zero-order chi connectivity index (χ0) is 21.8. The smallest absolute Gasteiger partial charge is 0.240 e. The van der Waals surface area contributed by atoms with Crippen molar-refractivity contribution in [2.45, 2.75) is 36.8 Å². The lowest BCUT2D eigenvalue weighted by Gasteiger charge is -2.40. The molecule has 0 aliphatic carbocycles. The van der Waals surface area contributed by atoms with Crippen LogP contribution in [-0.2, 0) is 15.6 Å². The van der Waals surface area contributed by atoms with Crippen LogP contribution in [0.2, 0.25) is 0 Å². The predicted molar refractivity (Wildman–Crippen MR) is 124 cm³/mol. The van der Waals surface area contributed by atoms with Crippen LogP contribution < -0.4 is 4.72 Å². The molecule has 4 nitrogen and oxygen atoms in total. The molecule has 2 unspecified atom stereocenters. The lowest BCUT2D eigenvalue weighted by molar-refractivity contribution is 0.0247. The monoisotopic (exact) mass is 487 g/mol. The molecule has 30 heavy (non-hydrogen) atoms. The number of benzene rings is 3. The zero-order valence-electron chi connectivity index (χ0n) is 17.0. The third-order valence-electron chi connectivity index (χ3n) is 5.50. The molecule has 2 atom stereocenters. The fraction of sp³-hybridized carbons (Fsp3) is 0.250. The van der Waals surface area contributed by atoms with Crippen molar-refractivity contribution in [1.82, 2.24) is 4.72 Å². The third kappa shape index (κ3) is 4.67. The van der Waals surface area contributed by atoms with Crippen LogP contribution in [0.25, 0.3) is 0 Å². The highest BCUT2D eigenvalue weighted by molar-refractivity contribution is 9.10. The molecule has 2 N–H and O–H groups in total. The molecule has 0 saturated heterocycles. The van der Waals surface area contributed by atoms with Crippen molar-refractivity contribution in [3.05, 3.63) is 101 Å². The summed E-state index contributed by atoms with van der Waals surface area (Å²) in [5.41, 5.74) is -0.264. The Morgan fingerprint density at radius 3 is 1.80 bits per heavy atom. The first-order valence-corrected chi connectivity index (χ1v) is 12.2. The highest BCUT2D eigenvalue weighted by Crippen LogP contribution is 2.37. The van der Waals surface area contributed by atoms with Gasteiger partial charge in [0.05, 0.1) is 10.9 Å². The highest BCUT2D eigenvalue weighted by atomic mass is 79.9. The molecule has 0 heterocycles. The van der Waals surface area contributed by atoms with Crippen molar-refractivity contribution in [2.75, 3.05) is 0 Å². The number of rotatable bonds is 8. The Labute approximate surface area is 187 Å². The first-order valence-electron chi connectivity index (χ1n) is 9.90. The van der Waals surface area contributed by atoms with Gasteiger partial charge in [0, 0.05) is 4.47 Å². The SMILES string of the molecule is CCC(C)C(NS(=O)(=O)c1ccc(Br)cc1)C(O)(c1ccccc1)c1ccccc1. The maximum absolute atomic E-state index is 13.2. The minimum absolute atomic E-state index is 0.138. The van der Waals surface area contributed by atoms with E-state index < -0.39 is 21.7 Å². The van der Waals surface area contributed by atoms with Gasteiger partial charge in [-0.3, -0.25) is 0 Å².